The molecule has 88 valence electrons. The predicted molar refractivity (Wildman–Crippen MR) is 51.8 cm³/mol. The van der Waals surface area contributed by atoms with Crippen molar-refractivity contribution in [1.82, 2.24) is 21.0 Å². The van der Waals surface area contributed by atoms with Gasteiger partial charge < -0.3 is 0 Å². The van der Waals surface area contributed by atoms with Crippen molar-refractivity contribution < 1.29 is 13.4 Å². The first-order valence-electron chi connectivity index (χ1n) is 4.44. The molecule has 0 aromatic carbocycles. The highest BCUT2D eigenvalue weighted by Gasteiger charge is 2.28. The Morgan fingerprint density at radius 3 is 2.12 bits per heavy atom. The van der Waals surface area contributed by atoms with Crippen LogP contribution in [0.4, 0.5) is 13.4 Å². The Morgan fingerprint density at radius 2 is 1.94 bits per heavy atom. The maximum atomic E-state index is 12.0. The van der Waals surface area contributed by atoms with Gasteiger partial charge in [0.1, 0.15) is 0 Å². The van der Waals surface area contributed by atoms with Gasteiger partial charge in [-0.15, -0.1) is 0 Å². The molecule has 1 N–H and O–H groups in total. The lowest BCUT2D eigenvalue weighted by molar-refractivity contribution is -0.265. The smallest absolute Gasteiger partial charge is 0.259 e. The molecule has 1 aliphatic rings. The molecular formula is C9H11F3N4. The molecule has 2 heterocycles. The number of hydrogen-bond donors (Lipinski definition) is 1. The van der Waals surface area contributed by atoms with Gasteiger partial charge in [0.15, 0.2) is 0 Å². The Bertz CT molecular complexity index is 368. The average molecular weight is 232 g/mol. The van der Waals surface area contributed by atoms with Crippen molar-refractivity contribution in [2.75, 3.05) is 0 Å². The first kappa shape index (κ1) is 12.3. The van der Waals surface area contributed by atoms with Gasteiger partial charge in [-0.3, -0.25) is 10.4 Å². The van der Waals surface area contributed by atoms with Crippen LogP contribution in [0, 0.1) is 6.92 Å². The summed E-state index contributed by atoms with van der Waals surface area (Å²) in [5.74, 6) is -1.27. The zero-order valence-corrected chi connectivity index (χ0v) is 8.78. The molecule has 0 aliphatic carbocycles. The molecule has 0 amide bonds. The molecule has 1 aromatic heterocycles. The normalized spacial score (nSPS) is 15.7. The van der Waals surface area contributed by atoms with E-state index in [2.05, 4.69) is 4.98 Å². The van der Waals surface area contributed by atoms with Gasteiger partial charge >= 0.3 is 0 Å². The zero-order chi connectivity index (χ0) is 12.1. The number of aromatic nitrogens is 1. The summed E-state index contributed by atoms with van der Waals surface area (Å²) >= 11 is 0. The van der Waals surface area contributed by atoms with Crippen molar-refractivity contribution >= 4 is 0 Å². The van der Waals surface area contributed by atoms with Crippen molar-refractivity contribution in [2.24, 2.45) is 0 Å². The van der Waals surface area contributed by atoms with Crippen molar-refractivity contribution in [3.05, 3.63) is 41.7 Å². The van der Waals surface area contributed by atoms with Crippen LogP contribution in [-0.4, -0.2) is 15.6 Å². The van der Waals surface area contributed by atoms with E-state index in [0.29, 0.717) is 0 Å². The third-order valence-corrected chi connectivity index (χ3v) is 1.70. The molecule has 0 radical (unpaired) electrons. The summed E-state index contributed by atoms with van der Waals surface area (Å²) in [6.45, 7) is 3.18. The Hall–Kier alpha value is -1.76. The second kappa shape index (κ2) is 5.36. The monoisotopic (exact) mass is 232 g/mol. The second-order valence-electron chi connectivity index (χ2n) is 3.02. The third-order valence-electron chi connectivity index (χ3n) is 1.70. The molecule has 0 unspecified atom stereocenters. The number of hydrogen-bond acceptors (Lipinski definition) is 4. The highest BCUT2D eigenvalue weighted by molar-refractivity contribution is 5.01. The minimum Gasteiger partial charge on any atom is -0.271 e. The van der Waals surface area contributed by atoms with Crippen LogP contribution in [-0.2, 0) is 0 Å². The highest BCUT2D eigenvalue weighted by atomic mass is 19.3. The molecule has 16 heavy (non-hydrogen) atoms. The molecule has 7 heteroatoms. The van der Waals surface area contributed by atoms with E-state index in [1.54, 1.807) is 11.6 Å². The largest absolute Gasteiger partial charge is 0.271 e. The number of pyridine rings is 1. The minimum absolute atomic E-state index is 0.194. The summed E-state index contributed by atoms with van der Waals surface area (Å²) < 4.78 is 35.7. The molecule has 2 rings (SSSR count). The van der Waals surface area contributed by atoms with Crippen LogP contribution in [0.15, 0.2) is 36.0 Å². The molecule has 0 spiro atoms. The molecule has 1 aromatic rings. The molecule has 4 nitrogen and oxygen atoms in total. The van der Waals surface area contributed by atoms with Crippen molar-refractivity contribution in [3.8, 4) is 0 Å². The zero-order valence-electron chi connectivity index (χ0n) is 8.78. The lowest BCUT2D eigenvalue weighted by Gasteiger charge is -2.07. The quantitative estimate of drug-likeness (QED) is 0.549. The van der Waals surface area contributed by atoms with Crippen LogP contribution in [0.25, 0.3) is 0 Å². The lowest BCUT2D eigenvalue weighted by Crippen LogP contribution is -2.30. The van der Waals surface area contributed by atoms with Gasteiger partial charge in [0, 0.05) is 11.9 Å². The average Bonchev–Trinajstić information content (AvgIpc) is 2.48. The standard InChI is InChI=1S/C6H7N.C3H4F3N3/c1-6-4-2-3-5-7-6;1-2-3(4)8(5)9(6)7-2/h2-5H,1H3;7H,1H3. The van der Waals surface area contributed by atoms with E-state index in [0.717, 1.165) is 5.69 Å². The van der Waals surface area contributed by atoms with E-state index in [4.69, 9.17) is 0 Å². The van der Waals surface area contributed by atoms with E-state index in [9.17, 15) is 13.4 Å². The first-order valence-corrected chi connectivity index (χ1v) is 4.44. The van der Waals surface area contributed by atoms with Gasteiger partial charge in [-0.2, -0.15) is 4.39 Å². The van der Waals surface area contributed by atoms with E-state index >= 15 is 0 Å². The highest BCUT2D eigenvalue weighted by Crippen LogP contribution is 2.19. The minimum atomic E-state index is -1.27. The van der Waals surface area contributed by atoms with E-state index < -0.39 is 16.5 Å². The third kappa shape index (κ3) is 3.13. The predicted octanol–water partition coefficient (Wildman–Crippen LogP) is 2.34. The molecule has 1 aliphatic heterocycles. The van der Waals surface area contributed by atoms with E-state index in [1.165, 1.54) is 6.92 Å². The number of allylic oxidation sites excluding steroid dienone is 1. The van der Waals surface area contributed by atoms with Gasteiger partial charge in [-0.25, -0.2) is 0 Å². The number of hydrazine groups is 2. The van der Waals surface area contributed by atoms with Crippen LogP contribution in [0.1, 0.15) is 12.6 Å². The van der Waals surface area contributed by atoms with Crippen LogP contribution in [0.2, 0.25) is 0 Å². The van der Waals surface area contributed by atoms with E-state index in [-0.39, 0.29) is 5.70 Å². The van der Waals surface area contributed by atoms with Gasteiger partial charge in [0.05, 0.1) is 11.0 Å². The SMILES string of the molecule is CC1=C(F)N(F)N(F)N1.Cc1ccccn1. The summed E-state index contributed by atoms with van der Waals surface area (Å²) in [5.41, 5.74) is 2.62. The fourth-order valence-electron chi connectivity index (χ4n) is 0.892. The Balaban J connectivity index is 0.000000165. The maximum Gasteiger partial charge on any atom is 0.259 e. The van der Waals surface area contributed by atoms with Crippen molar-refractivity contribution in [1.29, 1.82) is 0 Å². The van der Waals surface area contributed by atoms with Crippen LogP contribution in [0.3, 0.4) is 0 Å². The second-order valence-corrected chi connectivity index (χ2v) is 3.02. The van der Waals surface area contributed by atoms with Crippen LogP contribution >= 0.6 is 0 Å². The number of rotatable bonds is 0. The first-order chi connectivity index (χ1) is 7.52. The summed E-state index contributed by atoms with van der Waals surface area (Å²) in [4.78, 5) is 3.98. The summed E-state index contributed by atoms with van der Waals surface area (Å²) in [5, 5.41) is -1.36. The number of halogens is 3. The summed E-state index contributed by atoms with van der Waals surface area (Å²) in [6, 6.07) is 5.86. The molecule has 0 fully saturated rings. The maximum absolute atomic E-state index is 12.0. The molecular weight excluding hydrogens is 221 g/mol. The van der Waals surface area contributed by atoms with E-state index in [1.807, 2.05) is 25.1 Å². The number of aryl methyl sites for hydroxylation is 1. The van der Waals surface area contributed by atoms with Crippen molar-refractivity contribution in [2.45, 2.75) is 13.8 Å². The number of nitrogens with one attached hydrogen (secondary N) is 1. The topological polar surface area (TPSA) is 31.4 Å². The Kier molecular flexibility index (Phi) is 4.12. The summed E-state index contributed by atoms with van der Waals surface area (Å²) in [6.07, 6.45) is 1.79. The fourth-order valence-corrected chi connectivity index (χ4v) is 0.892. The molecule has 0 atom stereocenters. The van der Waals surface area contributed by atoms with Crippen LogP contribution < -0.4 is 5.43 Å². The lowest BCUT2D eigenvalue weighted by atomic mass is 10.4. The van der Waals surface area contributed by atoms with Gasteiger partial charge in [0.2, 0.25) is 0 Å². The molecule has 0 saturated heterocycles. The number of nitrogens with zero attached hydrogens (tertiary/aromatic N) is 3. The van der Waals surface area contributed by atoms with Gasteiger partial charge in [0.25, 0.3) is 5.95 Å². The van der Waals surface area contributed by atoms with Gasteiger partial charge in [-0.1, -0.05) is 20.3 Å². The summed E-state index contributed by atoms with van der Waals surface area (Å²) in [7, 11) is 0. The van der Waals surface area contributed by atoms with Gasteiger partial charge in [-0.05, 0) is 26.0 Å². The van der Waals surface area contributed by atoms with Crippen molar-refractivity contribution in [3.63, 3.8) is 0 Å². The Labute approximate surface area is 90.8 Å². The fraction of sp³-hybridized carbons (Fsp3) is 0.222. The van der Waals surface area contributed by atoms with Crippen LogP contribution in [0.5, 0.6) is 0 Å². The Morgan fingerprint density at radius 1 is 1.25 bits per heavy atom. The molecule has 0 bridgehead atoms. The molecule has 0 saturated carbocycles.